The molecule has 0 amide bonds. The van der Waals surface area contributed by atoms with Gasteiger partial charge in [0.25, 0.3) is 0 Å². The Hall–Kier alpha value is -1.26. The monoisotopic (exact) mass is 407 g/mol. The summed E-state index contributed by atoms with van der Waals surface area (Å²) in [5.41, 5.74) is 2.65. The molecule has 0 radical (unpaired) electrons. The zero-order valence-corrected chi connectivity index (χ0v) is 17.5. The van der Waals surface area contributed by atoms with Gasteiger partial charge in [-0.3, -0.25) is 0 Å². The van der Waals surface area contributed by atoms with Crippen molar-refractivity contribution in [3.63, 3.8) is 0 Å². The first-order valence-electron chi connectivity index (χ1n) is 8.35. The summed E-state index contributed by atoms with van der Waals surface area (Å²) in [7, 11) is 0. The van der Waals surface area contributed by atoms with Gasteiger partial charge in [-0.15, -0.1) is 6.58 Å². The topological polar surface area (TPSA) is 35.4 Å². The van der Waals surface area contributed by atoms with E-state index in [1.165, 1.54) is 0 Å². The summed E-state index contributed by atoms with van der Waals surface area (Å²) in [6, 6.07) is 15.1. The molecule has 2 rings (SSSR count). The third-order valence-electron chi connectivity index (χ3n) is 3.83. The lowest BCUT2D eigenvalue weighted by molar-refractivity contribution is 0.561. The van der Waals surface area contributed by atoms with E-state index in [0.29, 0.717) is 16.5 Å². The fourth-order valence-electron chi connectivity index (χ4n) is 2.46. The standard InChI is InChI=1S/C21H23Cl2NOS/c1-5-7-19(16-8-6-9-18(23)14-16)20(24-26(25)21(2,3)4)15-10-12-17(22)13-11-15/h5-6,8-14,19H,1,7H2,2-4H3/b24-20-/t19-,26?/m0/s1. The summed E-state index contributed by atoms with van der Waals surface area (Å²) in [6.45, 7) is 9.61. The second-order valence-electron chi connectivity index (χ2n) is 6.98. The van der Waals surface area contributed by atoms with E-state index < -0.39 is 16.1 Å². The van der Waals surface area contributed by atoms with Gasteiger partial charge in [-0.1, -0.05) is 57.9 Å². The van der Waals surface area contributed by atoms with Crippen LogP contribution in [0.25, 0.3) is 0 Å². The van der Waals surface area contributed by atoms with Gasteiger partial charge in [0.2, 0.25) is 0 Å². The summed E-state index contributed by atoms with van der Waals surface area (Å²) in [6.07, 6.45) is 2.50. The lowest BCUT2D eigenvalue weighted by atomic mass is 9.87. The SMILES string of the molecule is C=CC[C@H](/C(=N\[S+]([O-])C(C)(C)C)c1ccc(Cl)cc1)c1cccc(Cl)c1. The van der Waals surface area contributed by atoms with Crippen LogP contribution in [0.15, 0.2) is 65.6 Å². The molecule has 0 heterocycles. The smallest absolute Gasteiger partial charge is 0.144 e. The predicted molar refractivity (Wildman–Crippen MR) is 115 cm³/mol. The number of rotatable bonds is 6. The van der Waals surface area contributed by atoms with Gasteiger partial charge in [0.1, 0.15) is 21.8 Å². The van der Waals surface area contributed by atoms with E-state index in [4.69, 9.17) is 23.2 Å². The van der Waals surface area contributed by atoms with Gasteiger partial charge in [-0.2, -0.15) is 0 Å². The van der Waals surface area contributed by atoms with E-state index in [-0.39, 0.29) is 5.92 Å². The summed E-state index contributed by atoms with van der Waals surface area (Å²) in [4.78, 5) is 0. The highest BCUT2D eigenvalue weighted by molar-refractivity contribution is 7.91. The summed E-state index contributed by atoms with van der Waals surface area (Å²) >= 11 is 10.8. The zero-order chi connectivity index (χ0) is 19.3. The molecule has 2 nitrogen and oxygen atoms in total. The number of nitrogens with zero attached hydrogens (tertiary/aromatic N) is 1. The summed E-state index contributed by atoms with van der Waals surface area (Å²) in [5.74, 6) is -0.0984. The van der Waals surface area contributed by atoms with Crippen molar-refractivity contribution in [1.82, 2.24) is 0 Å². The van der Waals surface area contributed by atoms with Crippen LogP contribution < -0.4 is 0 Å². The molecule has 0 aliphatic carbocycles. The quantitative estimate of drug-likeness (QED) is 0.301. The van der Waals surface area contributed by atoms with Crippen LogP contribution in [0, 0.1) is 0 Å². The van der Waals surface area contributed by atoms with Gasteiger partial charge in [0.15, 0.2) is 0 Å². The third kappa shape index (κ3) is 5.62. The maximum absolute atomic E-state index is 12.8. The van der Waals surface area contributed by atoms with E-state index in [2.05, 4.69) is 11.0 Å². The molecule has 0 aliphatic rings. The van der Waals surface area contributed by atoms with Crippen LogP contribution in [0.3, 0.4) is 0 Å². The summed E-state index contributed by atoms with van der Waals surface area (Å²) in [5, 5.41) is 1.30. The highest BCUT2D eigenvalue weighted by Crippen LogP contribution is 2.30. The van der Waals surface area contributed by atoms with Crippen molar-refractivity contribution < 1.29 is 4.55 Å². The second-order valence-corrected chi connectivity index (χ2v) is 9.76. The lowest BCUT2D eigenvalue weighted by Crippen LogP contribution is -2.28. The molecule has 0 saturated carbocycles. The van der Waals surface area contributed by atoms with E-state index in [1.807, 2.05) is 75.4 Å². The van der Waals surface area contributed by atoms with Crippen molar-refractivity contribution in [3.05, 3.63) is 82.4 Å². The second kappa shape index (κ2) is 9.09. The third-order valence-corrected chi connectivity index (χ3v) is 5.73. The molecule has 0 spiro atoms. The normalized spacial score (nSPS) is 14.8. The Kier molecular flexibility index (Phi) is 7.36. The molecule has 0 bridgehead atoms. The van der Waals surface area contributed by atoms with Crippen molar-refractivity contribution in [2.75, 3.05) is 0 Å². The van der Waals surface area contributed by atoms with Crippen LogP contribution in [0.2, 0.25) is 10.0 Å². The molecule has 0 aromatic heterocycles. The first-order valence-corrected chi connectivity index (χ1v) is 10.2. The fraction of sp³-hybridized carbons (Fsp3) is 0.286. The largest absolute Gasteiger partial charge is 0.591 e. The first-order chi connectivity index (χ1) is 12.2. The van der Waals surface area contributed by atoms with Crippen LogP contribution in [-0.2, 0) is 11.4 Å². The molecule has 0 fully saturated rings. The highest BCUT2D eigenvalue weighted by Gasteiger charge is 2.30. The Labute approximate surface area is 169 Å². The number of hydrogen-bond donors (Lipinski definition) is 0. The van der Waals surface area contributed by atoms with Gasteiger partial charge < -0.3 is 4.55 Å². The first kappa shape index (κ1) is 21.0. The average Bonchev–Trinajstić information content (AvgIpc) is 2.58. The molecular weight excluding hydrogens is 385 g/mol. The van der Waals surface area contributed by atoms with Gasteiger partial charge in [0, 0.05) is 21.5 Å². The van der Waals surface area contributed by atoms with E-state index >= 15 is 0 Å². The predicted octanol–water partition coefficient (Wildman–Crippen LogP) is 6.60. The van der Waals surface area contributed by atoms with Crippen LogP contribution >= 0.6 is 23.2 Å². The van der Waals surface area contributed by atoms with Crippen LogP contribution in [-0.4, -0.2) is 15.0 Å². The maximum Gasteiger partial charge on any atom is 0.144 e. The van der Waals surface area contributed by atoms with Crippen molar-refractivity contribution in [2.24, 2.45) is 4.40 Å². The molecule has 2 aromatic carbocycles. The Morgan fingerprint density at radius 1 is 1.15 bits per heavy atom. The molecule has 5 heteroatoms. The Balaban J connectivity index is 2.60. The minimum absolute atomic E-state index is 0.0984. The molecule has 1 unspecified atom stereocenters. The highest BCUT2D eigenvalue weighted by atomic mass is 35.5. The molecular formula is C21H23Cl2NOS. The number of allylic oxidation sites excluding steroid dienone is 1. The molecule has 0 N–H and O–H groups in total. The number of halogens is 2. The zero-order valence-electron chi connectivity index (χ0n) is 15.2. The molecule has 2 atom stereocenters. The molecule has 0 aliphatic heterocycles. The van der Waals surface area contributed by atoms with Crippen molar-refractivity contribution in [2.45, 2.75) is 37.9 Å². The Morgan fingerprint density at radius 2 is 1.81 bits per heavy atom. The Morgan fingerprint density at radius 3 is 2.35 bits per heavy atom. The molecule has 0 saturated heterocycles. The van der Waals surface area contributed by atoms with E-state index in [1.54, 1.807) is 0 Å². The Bertz CT molecular complexity index is 781. The van der Waals surface area contributed by atoms with E-state index in [0.717, 1.165) is 16.8 Å². The van der Waals surface area contributed by atoms with E-state index in [9.17, 15) is 4.55 Å². The minimum Gasteiger partial charge on any atom is -0.591 e. The average molecular weight is 408 g/mol. The molecule has 26 heavy (non-hydrogen) atoms. The number of hydrogen-bond acceptors (Lipinski definition) is 2. The van der Waals surface area contributed by atoms with Crippen LogP contribution in [0.1, 0.15) is 44.2 Å². The fourth-order valence-corrected chi connectivity index (χ4v) is 3.47. The van der Waals surface area contributed by atoms with Crippen molar-refractivity contribution in [1.29, 1.82) is 0 Å². The van der Waals surface area contributed by atoms with Gasteiger partial charge in [0.05, 0.1) is 0 Å². The van der Waals surface area contributed by atoms with Crippen LogP contribution in [0.4, 0.5) is 0 Å². The van der Waals surface area contributed by atoms with Gasteiger partial charge in [-0.25, -0.2) is 0 Å². The maximum atomic E-state index is 12.8. The lowest BCUT2D eigenvalue weighted by Gasteiger charge is -2.23. The molecule has 138 valence electrons. The molecule has 2 aromatic rings. The minimum atomic E-state index is -1.39. The number of benzene rings is 2. The van der Waals surface area contributed by atoms with Crippen LogP contribution in [0.5, 0.6) is 0 Å². The van der Waals surface area contributed by atoms with Crippen molar-refractivity contribution in [3.8, 4) is 0 Å². The van der Waals surface area contributed by atoms with Gasteiger partial charge in [-0.05, 0) is 57.0 Å². The summed E-state index contributed by atoms with van der Waals surface area (Å²) < 4.78 is 16.9. The van der Waals surface area contributed by atoms with Gasteiger partial charge >= 0.3 is 0 Å². The van der Waals surface area contributed by atoms with Crippen molar-refractivity contribution >= 4 is 40.3 Å².